The van der Waals surface area contributed by atoms with E-state index < -0.39 is 0 Å². The fourth-order valence-electron chi connectivity index (χ4n) is 2.89. The summed E-state index contributed by atoms with van der Waals surface area (Å²) in [5, 5.41) is 13.0. The third kappa shape index (κ3) is 3.00. The lowest BCUT2D eigenvalue weighted by Crippen LogP contribution is -2.53. The van der Waals surface area contributed by atoms with Gasteiger partial charge in [0.2, 0.25) is 0 Å². The third-order valence-corrected chi connectivity index (χ3v) is 4.45. The number of hydrogen-bond acceptors (Lipinski definition) is 3. The molecule has 0 amide bonds. The molecule has 0 aliphatic heterocycles. The van der Waals surface area contributed by atoms with Crippen molar-refractivity contribution in [3.05, 3.63) is 0 Å². The summed E-state index contributed by atoms with van der Waals surface area (Å²) in [7, 11) is 0. The zero-order valence-electron chi connectivity index (χ0n) is 11.8. The Kier molecular flexibility index (Phi) is 4.97. The molecule has 1 saturated carbocycles. The number of nitriles is 1. The first-order valence-corrected chi connectivity index (χ1v) is 6.90. The van der Waals surface area contributed by atoms with E-state index in [0.717, 1.165) is 39.0 Å². The van der Waals surface area contributed by atoms with E-state index in [4.69, 9.17) is 0 Å². The Bertz CT molecular complexity index is 276. The van der Waals surface area contributed by atoms with Gasteiger partial charge in [0.25, 0.3) is 0 Å². The van der Waals surface area contributed by atoms with Gasteiger partial charge in [-0.2, -0.15) is 5.26 Å². The van der Waals surface area contributed by atoms with Gasteiger partial charge in [0, 0.05) is 13.1 Å². The monoisotopic (exact) mass is 237 g/mol. The van der Waals surface area contributed by atoms with Crippen LogP contribution in [0.1, 0.15) is 47.0 Å². The molecule has 3 nitrogen and oxygen atoms in total. The topological polar surface area (TPSA) is 39.1 Å². The fourth-order valence-corrected chi connectivity index (χ4v) is 2.89. The van der Waals surface area contributed by atoms with Gasteiger partial charge < -0.3 is 4.90 Å². The summed E-state index contributed by atoms with van der Waals surface area (Å²) in [6, 6.07) is 2.55. The van der Waals surface area contributed by atoms with E-state index in [9.17, 15) is 5.26 Å². The number of nitrogens with zero attached hydrogens (tertiary/aromatic N) is 2. The molecule has 0 saturated heterocycles. The SMILES string of the molecule is CCN(CC)CCNC1(C#N)CCCC1(C)C. The van der Waals surface area contributed by atoms with Crippen molar-refractivity contribution in [1.29, 1.82) is 5.26 Å². The first kappa shape index (κ1) is 14.5. The molecule has 0 bridgehead atoms. The Balaban J connectivity index is 2.51. The molecule has 3 heteroatoms. The minimum absolute atomic E-state index is 0.102. The maximum Gasteiger partial charge on any atom is 0.111 e. The van der Waals surface area contributed by atoms with E-state index in [1.165, 1.54) is 6.42 Å². The van der Waals surface area contributed by atoms with E-state index in [-0.39, 0.29) is 11.0 Å². The van der Waals surface area contributed by atoms with E-state index in [2.05, 4.69) is 44.0 Å². The predicted molar refractivity (Wildman–Crippen MR) is 71.8 cm³/mol. The maximum atomic E-state index is 9.51. The second-order valence-corrected chi connectivity index (χ2v) is 5.71. The molecule has 0 aromatic carbocycles. The second-order valence-electron chi connectivity index (χ2n) is 5.71. The Hall–Kier alpha value is -0.590. The molecule has 1 aliphatic rings. The fraction of sp³-hybridized carbons (Fsp3) is 0.929. The molecule has 1 atom stereocenters. The summed E-state index contributed by atoms with van der Waals surface area (Å²) in [5.74, 6) is 0. The van der Waals surface area contributed by atoms with Crippen LogP contribution in [-0.4, -0.2) is 36.6 Å². The quantitative estimate of drug-likeness (QED) is 0.771. The summed E-state index contributed by atoms with van der Waals surface area (Å²) in [4.78, 5) is 2.39. The van der Waals surface area contributed by atoms with Crippen LogP contribution in [0.25, 0.3) is 0 Å². The van der Waals surface area contributed by atoms with Crippen molar-refractivity contribution in [3.63, 3.8) is 0 Å². The van der Waals surface area contributed by atoms with Gasteiger partial charge in [-0.3, -0.25) is 5.32 Å². The smallest absolute Gasteiger partial charge is 0.111 e. The van der Waals surface area contributed by atoms with Crippen LogP contribution < -0.4 is 5.32 Å². The summed E-state index contributed by atoms with van der Waals surface area (Å²) < 4.78 is 0. The largest absolute Gasteiger partial charge is 0.303 e. The first-order valence-electron chi connectivity index (χ1n) is 6.90. The van der Waals surface area contributed by atoms with Crippen LogP contribution in [-0.2, 0) is 0 Å². The lowest BCUT2D eigenvalue weighted by molar-refractivity contribution is 0.202. The van der Waals surface area contributed by atoms with Gasteiger partial charge in [-0.05, 0) is 37.8 Å². The minimum Gasteiger partial charge on any atom is -0.303 e. The van der Waals surface area contributed by atoms with Crippen LogP contribution in [0.2, 0.25) is 0 Å². The van der Waals surface area contributed by atoms with Crippen molar-refractivity contribution >= 4 is 0 Å². The summed E-state index contributed by atoms with van der Waals surface area (Å²) in [6.07, 6.45) is 3.31. The van der Waals surface area contributed by atoms with Gasteiger partial charge in [0.15, 0.2) is 0 Å². The zero-order chi connectivity index (χ0) is 12.9. The van der Waals surface area contributed by atoms with Crippen LogP contribution in [0.5, 0.6) is 0 Å². The lowest BCUT2D eigenvalue weighted by atomic mass is 9.76. The highest BCUT2D eigenvalue weighted by Gasteiger charge is 2.48. The van der Waals surface area contributed by atoms with Crippen molar-refractivity contribution in [1.82, 2.24) is 10.2 Å². The summed E-state index contributed by atoms with van der Waals surface area (Å²) >= 11 is 0. The molecule has 1 rings (SSSR count). The van der Waals surface area contributed by atoms with Crippen molar-refractivity contribution < 1.29 is 0 Å². The zero-order valence-corrected chi connectivity index (χ0v) is 11.8. The molecular weight excluding hydrogens is 210 g/mol. The molecule has 1 aliphatic carbocycles. The molecule has 98 valence electrons. The van der Waals surface area contributed by atoms with E-state index in [1.807, 2.05) is 0 Å². The molecule has 0 aromatic heterocycles. The Morgan fingerprint density at radius 3 is 2.29 bits per heavy atom. The van der Waals surface area contributed by atoms with Gasteiger partial charge in [0.05, 0.1) is 6.07 Å². The van der Waals surface area contributed by atoms with Gasteiger partial charge >= 0.3 is 0 Å². The predicted octanol–water partition coefficient (Wildman–Crippen LogP) is 2.39. The second kappa shape index (κ2) is 5.84. The minimum atomic E-state index is -0.305. The van der Waals surface area contributed by atoms with Crippen molar-refractivity contribution in [2.75, 3.05) is 26.2 Å². The summed E-state index contributed by atoms with van der Waals surface area (Å²) in [6.45, 7) is 12.9. The molecule has 0 aromatic rings. The number of nitrogens with one attached hydrogen (secondary N) is 1. The van der Waals surface area contributed by atoms with Gasteiger partial charge in [-0.25, -0.2) is 0 Å². The summed E-state index contributed by atoms with van der Waals surface area (Å²) in [5.41, 5.74) is -0.203. The highest BCUT2D eigenvalue weighted by Crippen LogP contribution is 2.45. The molecule has 1 fully saturated rings. The van der Waals surface area contributed by atoms with Gasteiger partial charge in [0.1, 0.15) is 5.54 Å². The van der Waals surface area contributed by atoms with Crippen LogP contribution in [0, 0.1) is 16.7 Å². The van der Waals surface area contributed by atoms with Gasteiger partial charge in [-0.15, -0.1) is 0 Å². The lowest BCUT2D eigenvalue weighted by Gasteiger charge is -2.37. The third-order valence-electron chi connectivity index (χ3n) is 4.45. The van der Waals surface area contributed by atoms with E-state index in [0.29, 0.717) is 0 Å². The van der Waals surface area contributed by atoms with Crippen molar-refractivity contribution in [2.45, 2.75) is 52.5 Å². The molecule has 17 heavy (non-hydrogen) atoms. The van der Waals surface area contributed by atoms with Crippen molar-refractivity contribution in [3.8, 4) is 6.07 Å². The highest BCUT2D eigenvalue weighted by atomic mass is 15.1. The molecule has 0 heterocycles. The van der Waals surface area contributed by atoms with Crippen LogP contribution in [0.15, 0.2) is 0 Å². The Labute approximate surface area is 106 Å². The van der Waals surface area contributed by atoms with E-state index in [1.54, 1.807) is 0 Å². The number of hydrogen-bond donors (Lipinski definition) is 1. The number of likely N-dealkylation sites (N-methyl/N-ethyl adjacent to an activating group) is 1. The molecule has 0 radical (unpaired) electrons. The Morgan fingerprint density at radius 2 is 1.88 bits per heavy atom. The standard InChI is InChI=1S/C14H27N3/c1-5-17(6-2)11-10-16-14(12-15)9-7-8-13(14,3)4/h16H,5-11H2,1-4H3. The normalized spacial score (nSPS) is 27.3. The highest BCUT2D eigenvalue weighted by molar-refractivity contribution is 5.18. The average Bonchev–Trinajstić information content (AvgIpc) is 2.61. The number of rotatable bonds is 6. The van der Waals surface area contributed by atoms with Crippen LogP contribution >= 0.6 is 0 Å². The van der Waals surface area contributed by atoms with E-state index >= 15 is 0 Å². The molecule has 1 N–H and O–H groups in total. The average molecular weight is 237 g/mol. The van der Waals surface area contributed by atoms with Crippen molar-refractivity contribution in [2.24, 2.45) is 5.41 Å². The Morgan fingerprint density at radius 1 is 1.24 bits per heavy atom. The maximum absolute atomic E-state index is 9.51. The van der Waals surface area contributed by atoms with Crippen LogP contribution in [0.4, 0.5) is 0 Å². The molecule has 1 unspecified atom stereocenters. The van der Waals surface area contributed by atoms with Crippen LogP contribution in [0.3, 0.4) is 0 Å². The first-order chi connectivity index (χ1) is 8.01. The molecule has 0 spiro atoms. The molecular formula is C14H27N3. The van der Waals surface area contributed by atoms with Gasteiger partial charge in [-0.1, -0.05) is 27.7 Å².